The summed E-state index contributed by atoms with van der Waals surface area (Å²) in [6.07, 6.45) is 3.90. The molecule has 164 valence electrons. The molecule has 6 nitrogen and oxygen atoms in total. The average Bonchev–Trinajstić information content (AvgIpc) is 3.45. The van der Waals surface area contributed by atoms with Crippen LogP contribution in [-0.2, 0) is 6.42 Å². The summed E-state index contributed by atoms with van der Waals surface area (Å²) in [6.45, 7) is 0. The van der Waals surface area contributed by atoms with Crippen LogP contribution < -0.4 is 0 Å². The number of benzene rings is 2. The van der Waals surface area contributed by atoms with E-state index in [-0.39, 0.29) is 18.0 Å². The molecule has 0 unspecified atom stereocenters. The van der Waals surface area contributed by atoms with E-state index in [1.54, 1.807) is 35.0 Å². The SMILES string of the molecule is O=C(Cc1cn2nc(-c3c(-c4ccc(F)cc4)nc4ccccn34)ccc2n1)c1ccccc1. The monoisotopic (exact) mass is 447 g/mol. The molecule has 0 N–H and O–H groups in total. The maximum atomic E-state index is 13.5. The van der Waals surface area contributed by atoms with Crippen molar-refractivity contribution in [1.82, 2.24) is 24.0 Å². The first-order valence-electron chi connectivity index (χ1n) is 10.8. The van der Waals surface area contributed by atoms with E-state index in [0.717, 1.165) is 16.9 Å². The van der Waals surface area contributed by atoms with Crippen molar-refractivity contribution >= 4 is 17.1 Å². The van der Waals surface area contributed by atoms with Crippen LogP contribution >= 0.6 is 0 Å². The number of carbonyl (C=O) groups excluding carboxylic acids is 1. The van der Waals surface area contributed by atoms with Crippen LogP contribution in [0.5, 0.6) is 0 Å². The third-order valence-electron chi connectivity index (χ3n) is 5.70. The summed E-state index contributed by atoms with van der Waals surface area (Å²) in [6, 6.07) is 25.0. The van der Waals surface area contributed by atoms with Crippen LogP contribution in [0.3, 0.4) is 0 Å². The normalized spacial score (nSPS) is 11.3. The lowest BCUT2D eigenvalue weighted by atomic mass is 10.1. The molecule has 0 fully saturated rings. The van der Waals surface area contributed by atoms with E-state index in [0.29, 0.717) is 28.3 Å². The second-order valence-electron chi connectivity index (χ2n) is 7.96. The Labute approximate surface area is 194 Å². The van der Waals surface area contributed by atoms with Gasteiger partial charge in [0.1, 0.15) is 22.9 Å². The van der Waals surface area contributed by atoms with Crippen LogP contribution in [0.15, 0.2) is 97.3 Å². The van der Waals surface area contributed by atoms with Crippen LogP contribution in [0.4, 0.5) is 4.39 Å². The standard InChI is InChI=1S/C27H18FN5O/c28-20-11-9-19(10-12-20)26-27(32-15-5-4-8-24(32)30-26)22-13-14-25-29-21(17-33(25)31-22)16-23(34)18-6-2-1-3-7-18/h1-15,17H,16H2. The van der Waals surface area contributed by atoms with Gasteiger partial charge >= 0.3 is 0 Å². The maximum Gasteiger partial charge on any atom is 0.168 e. The van der Waals surface area contributed by atoms with Gasteiger partial charge in [-0.2, -0.15) is 5.10 Å². The summed E-state index contributed by atoms with van der Waals surface area (Å²) in [5, 5.41) is 4.78. The number of hydrogen-bond acceptors (Lipinski definition) is 4. The summed E-state index contributed by atoms with van der Waals surface area (Å²) in [5.74, 6) is -0.297. The van der Waals surface area contributed by atoms with Crippen molar-refractivity contribution in [3.63, 3.8) is 0 Å². The second kappa shape index (κ2) is 8.04. The van der Waals surface area contributed by atoms with Crippen molar-refractivity contribution in [2.24, 2.45) is 0 Å². The minimum atomic E-state index is -0.301. The maximum absolute atomic E-state index is 13.5. The molecule has 0 radical (unpaired) electrons. The van der Waals surface area contributed by atoms with Gasteiger partial charge in [0.25, 0.3) is 0 Å². The fraction of sp³-hybridized carbons (Fsp3) is 0.0370. The quantitative estimate of drug-likeness (QED) is 0.338. The Balaban J connectivity index is 1.43. The molecule has 4 aromatic heterocycles. The van der Waals surface area contributed by atoms with Crippen LogP contribution in [-0.4, -0.2) is 29.8 Å². The Morgan fingerprint density at radius 3 is 2.44 bits per heavy atom. The zero-order valence-electron chi connectivity index (χ0n) is 18.0. The zero-order valence-corrected chi connectivity index (χ0v) is 18.0. The van der Waals surface area contributed by atoms with Gasteiger partial charge < -0.3 is 0 Å². The molecule has 0 spiro atoms. The molecule has 6 rings (SSSR count). The van der Waals surface area contributed by atoms with E-state index in [1.807, 2.05) is 59.1 Å². The van der Waals surface area contributed by atoms with Gasteiger partial charge in [-0.3, -0.25) is 9.20 Å². The minimum Gasteiger partial charge on any atom is -0.298 e. The molecule has 0 saturated heterocycles. The Kier molecular flexibility index (Phi) is 4.73. The minimum absolute atomic E-state index is 0.00427. The summed E-state index contributed by atoms with van der Waals surface area (Å²) in [4.78, 5) is 22.0. The fourth-order valence-electron chi connectivity index (χ4n) is 4.08. The lowest BCUT2D eigenvalue weighted by Gasteiger charge is -2.05. The van der Waals surface area contributed by atoms with Gasteiger partial charge in [0.05, 0.1) is 24.0 Å². The first-order valence-corrected chi connectivity index (χ1v) is 10.8. The Morgan fingerprint density at radius 1 is 0.824 bits per heavy atom. The number of rotatable bonds is 5. The van der Waals surface area contributed by atoms with Crippen molar-refractivity contribution in [2.75, 3.05) is 0 Å². The lowest BCUT2D eigenvalue weighted by Crippen LogP contribution is -2.03. The van der Waals surface area contributed by atoms with Crippen molar-refractivity contribution < 1.29 is 9.18 Å². The highest BCUT2D eigenvalue weighted by Gasteiger charge is 2.18. The van der Waals surface area contributed by atoms with Crippen molar-refractivity contribution in [1.29, 1.82) is 0 Å². The summed E-state index contributed by atoms with van der Waals surface area (Å²) < 4.78 is 17.2. The molecule has 2 aromatic carbocycles. The van der Waals surface area contributed by atoms with E-state index >= 15 is 0 Å². The van der Waals surface area contributed by atoms with Gasteiger partial charge in [-0.15, -0.1) is 0 Å². The average molecular weight is 447 g/mol. The molecule has 0 amide bonds. The van der Waals surface area contributed by atoms with E-state index in [4.69, 9.17) is 10.1 Å². The predicted molar refractivity (Wildman–Crippen MR) is 127 cm³/mol. The second-order valence-corrected chi connectivity index (χ2v) is 7.96. The number of ketones is 1. The van der Waals surface area contributed by atoms with Gasteiger partial charge in [0.2, 0.25) is 0 Å². The molecule has 0 bridgehead atoms. The topological polar surface area (TPSA) is 64.6 Å². The fourth-order valence-corrected chi connectivity index (χ4v) is 4.08. The highest BCUT2D eigenvalue weighted by atomic mass is 19.1. The van der Waals surface area contributed by atoms with Gasteiger partial charge in [-0.05, 0) is 48.5 Å². The van der Waals surface area contributed by atoms with Crippen molar-refractivity contribution in [3.05, 3.63) is 114 Å². The molecule has 0 aliphatic rings. The van der Waals surface area contributed by atoms with Crippen molar-refractivity contribution in [3.8, 4) is 22.6 Å². The molecule has 7 heteroatoms. The van der Waals surface area contributed by atoms with E-state index < -0.39 is 0 Å². The smallest absolute Gasteiger partial charge is 0.168 e. The molecular weight excluding hydrogens is 429 g/mol. The van der Waals surface area contributed by atoms with Gasteiger partial charge in [0, 0.05) is 17.3 Å². The Bertz CT molecular complexity index is 1650. The zero-order chi connectivity index (χ0) is 23.1. The number of fused-ring (bicyclic) bond motifs is 2. The lowest BCUT2D eigenvalue weighted by molar-refractivity contribution is 0.0992. The molecule has 34 heavy (non-hydrogen) atoms. The molecule has 6 aromatic rings. The molecule has 4 heterocycles. The molecule has 0 aliphatic carbocycles. The number of halogens is 1. The van der Waals surface area contributed by atoms with Crippen LogP contribution in [0.1, 0.15) is 16.1 Å². The Hall–Kier alpha value is -4.65. The number of imidazole rings is 2. The van der Waals surface area contributed by atoms with E-state index in [9.17, 15) is 9.18 Å². The number of carbonyl (C=O) groups is 1. The highest BCUT2D eigenvalue weighted by Crippen LogP contribution is 2.32. The summed E-state index contributed by atoms with van der Waals surface area (Å²) in [7, 11) is 0. The largest absolute Gasteiger partial charge is 0.298 e. The molecule has 0 aliphatic heterocycles. The van der Waals surface area contributed by atoms with Gasteiger partial charge in [0.15, 0.2) is 11.4 Å². The van der Waals surface area contributed by atoms with Crippen LogP contribution in [0.2, 0.25) is 0 Å². The highest BCUT2D eigenvalue weighted by molar-refractivity contribution is 5.97. The molecule has 0 saturated carbocycles. The third kappa shape index (κ3) is 3.53. The first-order chi connectivity index (χ1) is 16.7. The number of pyridine rings is 1. The number of aromatic nitrogens is 5. The van der Waals surface area contributed by atoms with Crippen LogP contribution in [0, 0.1) is 5.82 Å². The van der Waals surface area contributed by atoms with E-state index in [1.165, 1.54) is 12.1 Å². The van der Waals surface area contributed by atoms with Gasteiger partial charge in [-0.25, -0.2) is 18.9 Å². The first kappa shape index (κ1) is 20.0. The number of hydrogen-bond donors (Lipinski definition) is 0. The van der Waals surface area contributed by atoms with Crippen molar-refractivity contribution in [2.45, 2.75) is 6.42 Å². The van der Waals surface area contributed by atoms with Crippen LogP contribution in [0.25, 0.3) is 33.9 Å². The molecular formula is C27H18FN5O. The summed E-state index contributed by atoms with van der Waals surface area (Å²) in [5.41, 5.74) is 5.69. The molecule has 0 atom stereocenters. The van der Waals surface area contributed by atoms with E-state index in [2.05, 4.69) is 4.98 Å². The predicted octanol–water partition coefficient (Wildman–Crippen LogP) is 5.28. The van der Waals surface area contributed by atoms with Gasteiger partial charge in [-0.1, -0.05) is 36.4 Å². The number of Topliss-reactive ketones (excluding diaryl/α,β-unsaturated/α-hetero) is 1. The third-order valence-corrected chi connectivity index (χ3v) is 5.70. The summed E-state index contributed by atoms with van der Waals surface area (Å²) >= 11 is 0. The number of nitrogens with zero attached hydrogens (tertiary/aromatic N) is 5. The Morgan fingerprint density at radius 2 is 1.62 bits per heavy atom.